The van der Waals surface area contributed by atoms with Crippen molar-refractivity contribution in [3.63, 3.8) is 0 Å². The van der Waals surface area contributed by atoms with Gasteiger partial charge < -0.3 is 4.90 Å². The molecule has 3 heterocycles. The zero-order valence-electron chi connectivity index (χ0n) is 11.9. The lowest BCUT2D eigenvalue weighted by molar-refractivity contribution is 0.128. The van der Waals surface area contributed by atoms with E-state index in [1.54, 1.807) is 0 Å². The fourth-order valence-corrected chi connectivity index (χ4v) is 6.86. The van der Waals surface area contributed by atoms with Gasteiger partial charge in [-0.1, -0.05) is 15.9 Å². The molecule has 2 saturated heterocycles. The summed E-state index contributed by atoms with van der Waals surface area (Å²) in [5.74, 6) is 4.08. The van der Waals surface area contributed by atoms with Crippen LogP contribution < -0.4 is 0 Å². The summed E-state index contributed by atoms with van der Waals surface area (Å²) in [6, 6.07) is 5.19. The molecule has 0 amide bonds. The van der Waals surface area contributed by atoms with Gasteiger partial charge in [0, 0.05) is 32.1 Å². The first-order valence-electron chi connectivity index (χ1n) is 8.00. The fraction of sp³-hybridized carbons (Fsp3) is 0.588. The van der Waals surface area contributed by atoms with Gasteiger partial charge in [-0.05, 0) is 78.7 Å². The van der Waals surface area contributed by atoms with Gasteiger partial charge in [0.1, 0.15) is 5.84 Å². The Hall–Kier alpha value is -0.100. The Balaban J connectivity index is 1.66. The largest absolute Gasteiger partial charge is 0.352 e. The average Bonchev–Trinajstić information content (AvgIpc) is 2.59. The molecule has 5 aliphatic rings. The fourth-order valence-electron chi connectivity index (χ4n) is 5.21. The van der Waals surface area contributed by atoms with Crippen molar-refractivity contribution in [1.82, 2.24) is 4.90 Å². The van der Waals surface area contributed by atoms with Crippen LogP contribution in [0.3, 0.4) is 0 Å². The smallest absolute Gasteiger partial charge is 0.108 e. The maximum absolute atomic E-state index is 5.15. The second kappa shape index (κ2) is 4.70. The van der Waals surface area contributed by atoms with Crippen LogP contribution >= 0.6 is 38.5 Å². The summed E-state index contributed by atoms with van der Waals surface area (Å²) < 4.78 is 2.51. The highest BCUT2D eigenvalue weighted by atomic mass is 127. The first-order valence-corrected chi connectivity index (χ1v) is 9.87. The lowest BCUT2D eigenvalue weighted by atomic mass is 9.68. The lowest BCUT2D eigenvalue weighted by Crippen LogP contribution is -2.42. The van der Waals surface area contributed by atoms with Crippen molar-refractivity contribution in [1.29, 1.82) is 0 Å². The second-order valence-corrected chi connectivity index (χ2v) is 9.32. The van der Waals surface area contributed by atoms with E-state index in [1.807, 2.05) is 0 Å². The van der Waals surface area contributed by atoms with Crippen LogP contribution in [0, 0.1) is 21.3 Å². The molecule has 2 unspecified atom stereocenters. The Morgan fingerprint density at radius 1 is 1.10 bits per heavy atom. The third-order valence-electron chi connectivity index (χ3n) is 5.91. The molecule has 4 bridgehead atoms. The first-order chi connectivity index (χ1) is 10.2. The third kappa shape index (κ3) is 2.04. The highest BCUT2D eigenvalue weighted by Gasteiger charge is 2.46. The molecular weight excluding hydrogens is 439 g/mol. The van der Waals surface area contributed by atoms with Gasteiger partial charge in [0.05, 0.1) is 5.69 Å². The highest BCUT2D eigenvalue weighted by Crippen LogP contribution is 2.50. The number of amidine groups is 1. The number of benzene rings is 1. The summed E-state index contributed by atoms with van der Waals surface area (Å²) in [6.45, 7) is 1.08. The molecule has 21 heavy (non-hydrogen) atoms. The molecule has 2 atom stereocenters. The van der Waals surface area contributed by atoms with E-state index in [2.05, 4.69) is 55.6 Å². The molecule has 1 aromatic rings. The molecule has 2 aliphatic carbocycles. The van der Waals surface area contributed by atoms with Gasteiger partial charge in [-0.2, -0.15) is 0 Å². The van der Waals surface area contributed by atoms with Crippen molar-refractivity contribution in [2.75, 3.05) is 0 Å². The molecule has 2 saturated carbocycles. The molecule has 0 aromatic heterocycles. The predicted molar refractivity (Wildman–Crippen MR) is 96.8 cm³/mol. The number of nitrogens with zero attached hydrogens (tertiary/aromatic N) is 2. The summed E-state index contributed by atoms with van der Waals surface area (Å²) >= 11 is 6.10. The Kier molecular flexibility index (Phi) is 2.99. The Labute approximate surface area is 147 Å². The molecule has 2 nitrogen and oxygen atoms in total. The SMILES string of the molecule is Brc1cc(I)c2c(c1)N=C1C3CC4CC(C3)CC(C4)N1C2. The van der Waals surface area contributed by atoms with E-state index in [0.717, 1.165) is 34.8 Å². The second-order valence-electron chi connectivity index (χ2n) is 7.24. The topological polar surface area (TPSA) is 15.6 Å². The number of halogens is 2. The van der Waals surface area contributed by atoms with E-state index >= 15 is 0 Å². The van der Waals surface area contributed by atoms with Gasteiger partial charge in [0.25, 0.3) is 0 Å². The summed E-state index contributed by atoms with van der Waals surface area (Å²) in [7, 11) is 0. The van der Waals surface area contributed by atoms with Crippen LogP contribution in [-0.4, -0.2) is 16.8 Å². The number of rotatable bonds is 0. The quantitative estimate of drug-likeness (QED) is 0.495. The van der Waals surface area contributed by atoms with Gasteiger partial charge in [0.15, 0.2) is 0 Å². The van der Waals surface area contributed by atoms with Crippen LogP contribution in [0.25, 0.3) is 0 Å². The molecule has 1 aromatic carbocycles. The van der Waals surface area contributed by atoms with Crippen molar-refractivity contribution >= 4 is 50.0 Å². The van der Waals surface area contributed by atoms with Crippen LogP contribution in [0.2, 0.25) is 0 Å². The van der Waals surface area contributed by atoms with E-state index in [-0.39, 0.29) is 0 Å². The molecule has 6 rings (SSSR count). The zero-order valence-corrected chi connectivity index (χ0v) is 15.6. The Bertz CT molecular complexity index is 642. The van der Waals surface area contributed by atoms with Crippen molar-refractivity contribution in [3.05, 3.63) is 25.7 Å². The van der Waals surface area contributed by atoms with Crippen LogP contribution in [0.1, 0.15) is 37.7 Å². The number of hydrogen-bond donors (Lipinski definition) is 0. The minimum absolute atomic E-state index is 0.728. The first kappa shape index (κ1) is 13.3. The molecule has 4 fully saturated rings. The zero-order chi connectivity index (χ0) is 14.1. The van der Waals surface area contributed by atoms with Crippen molar-refractivity contribution < 1.29 is 0 Å². The van der Waals surface area contributed by atoms with E-state index < -0.39 is 0 Å². The van der Waals surface area contributed by atoms with E-state index in [1.165, 1.54) is 52.8 Å². The Morgan fingerprint density at radius 3 is 2.62 bits per heavy atom. The maximum atomic E-state index is 5.15. The predicted octanol–water partition coefficient (Wildman–Crippen LogP) is 5.11. The average molecular weight is 457 g/mol. The minimum atomic E-state index is 0.728. The van der Waals surface area contributed by atoms with Crippen molar-refractivity contribution in [2.45, 2.75) is 44.7 Å². The summed E-state index contributed by atoms with van der Waals surface area (Å²) in [5.41, 5.74) is 2.64. The van der Waals surface area contributed by atoms with Crippen LogP contribution in [-0.2, 0) is 6.54 Å². The van der Waals surface area contributed by atoms with Crippen LogP contribution in [0.4, 0.5) is 5.69 Å². The van der Waals surface area contributed by atoms with Crippen LogP contribution in [0.15, 0.2) is 21.6 Å². The number of hydrogen-bond acceptors (Lipinski definition) is 2. The highest BCUT2D eigenvalue weighted by molar-refractivity contribution is 14.1. The van der Waals surface area contributed by atoms with Crippen LogP contribution in [0.5, 0.6) is 0 Å². The summed E-state index contributed by atoms with van der Waals surface area (Å²) in [6.07, 6.45) is 7.10. The molecule has 3 aliphatic heterocycles. The molecule has 0 radical (unpaired) electrons. The third-order valence-corrected chi connectivity index (χ3v) is 7.33. The summed E-state index contributed by atoms with van der Waals surface area (Å²) in [4.78, 5) is 7.84. The van der Waals surface area contributed by atoms with Gasteiger partial charge in [-0.25, -0.2) is 4.99 Å². The normalized spacial score (nSPS) is 36.1. The molecule has 0 spiro atoms. The van der Waals surface area contributed by atoms with Gasteiger partial charge in [-0.3, -0.25) is 0 Å². The van der Waals surface area contributed by atoms with E-state index in [0.29, 0.717) is 0 Å². The van der Waals surface area contributed by atoms with Crippen molar-refractivity contribution in [3.8, 4) is 0 Å². The number of fused-ring (bicyclic) bond motifs is 1. The molecule has 110 valence electrons. The van der Waals surface area contributed by atoms with Gasteiger partial charge in [-0.15, -0.1) is 0 Å². The number of aliphatic imine (C=N–C) groups is 1. The van der Waals surface area contributed by atoms with Gasteiger partial charge >= 0.3 is 0 Å². The standard InChI is InChI=1S/C17H18BrIN2/c18-12-6-15(19)14-8-21-13-4-9-1-10(5-13)3-11(2-9)17(21)20-16(14)7-12/h6-7,9-11,13H,1-5,8H2. The molecular formula is C17H18BrIN2. The summed E-state index contributed by atoms with van der Waals surface area (Å²) in [5, 5.41) is 0. The monoisotopic (exact) mass is 456 g/mol. The van der Waals surface area contributed by atoms with E-state index in [4.69, 9.17) is 4.99 Å². The van der Waals surface area contributed by atoms with Crippen molar-refractivity contribution in [2.24, 2.45) is 22.7 Å². The van der Waals surface area contributed by atoms with Gasteiger partial charge in [0.2, 0.25) is 0 Å². The maximum Gasteiger partial charge on any atom is 0.108 e. The Morgan fingerprint density at radius 2 is 1.86 bits per heavy atom. The molecule has 0 N–H and O–H groups in total. The van der Waals surface area contributed by atoms with E-state index in [9.17, 15) is 0 Å². The molecule has 4 heteroatoms. The minimum Gasteiger partial charge on any atom is -0.352 e. The lowest BCUT2D eigenvalue weighted by Gasteiger charge is -2.39.